The Morgan fingerprint density at radius 2 is 1.96 bits per heavy atom. The second-order valence-electron chi connectivity index (χ2n) is 6.62. The van der Waals surface area contributed by atoms with Crippen LogP contribution >= 0.6 is 0 Å². The summed E-state index contributed by atoms with van der Waals surface area (Å²) in [6.07, 6.45) is 0. The van der Waals surface area contributed by atoms with Crippen LogP contribution in [0.1, 0.15) is 47.8 Å². The first-order valence-electron chi connectivity index (χ1n) is 7.81. The molecule has 3 rings (SSSR count). The lowest BCUT2D eigenvalue weighted by atomic mass is 9.85. The lowest BCUT2D eigenvalue weighted by Crippen LogP contribution is -2.35. The van der Waals surface area contributed by atoms with E-state index in [-0.39, 0.29) is 11.7 Å². The second-order valence-corrected chi connectivity index (χ2v) is 6.62. The van der Waals surface area contributed by atoms with Crippen molar-refractivity contribution in [3.63, 3.8) is 0 Å². The van der Waals surface area contributed by atoms with E-state index in [1.54, 1.807) is 23.1 Å². The molecule has 0 aromatic heterocycles. The monoisotopic (exact) mass is 318 g/mol. The maximum Gasteiger partial charge on any atom is 0.237 e. The van der Waals surface area contributed by atoms with Crippen LogP contribution in [0.3, 0.4) is 0 Å². The Bertz CT molecular complexity index is 891. The molecule has 2 aromatic carbocycles. The Kier molecular flexibility index (Phi) is 3.73. The van der Waals surface area contributed by atoms with Gasteiger partial charge in [-0.3, -0.25) is 9.59 Å². The molecule has 2 aromatic rings. The molecule has 0 saturated carbocycles. The maximum absolute atomic E-state index is 12.9. The van der Waals surface area contributed by atoms with Crippen LogP contribution in [0.5, 0.6) is 0 Å². The van der Waals surface area contributed by atoms with E-state index in [0.717, 1.165) is 16.8 Å². The number of hydrogen-bond donors (Lipinski definition) is 0. The van der Waals surface area contributed by atoms with E-state index in [4.69, 9.17) is 5.26 Å². The summed E-state index contributed by atoms with van der Waals surface area (Å²) in [7, 11) is 0. The summed E-state index contributed by atoms with van der Waals surface area (Å²) < 4.78 is 0. The fourth-order valence-corrected chi connectivity index (χ4v) is 3.13. The van der Waals surface area contributed by atoms with Crippen LogP contribution in [0.4, 0.5) is 5.69 Å². The molecule has 0 aliphatic carbocycles. The van der Waals surface area contributed by atoms with Crippen molar-refractivity contribution in [2.24, 2.45) is 0 Å². The summed E-state index contributed by atoms with van der Waals surface area (Å²) in [6, 6.07) is 14.8. The summed E-state index contributed by atoms with van der Waals surface area (Å²) >= 11 is 0. The van der Waals surface area contributed by atoms with Crippen LogP contribution in [-0.4, -0.2) is 11.7 Å². The first-order chi connectivity index (χ1) is 11.3. The molecule has 0 unspecified atom stereocenters. The van der Waals surface area contributed by atoms with Crippen LogP contribution in [0.2, 0.25) is 0 Å². The number of ketones is 1. The molecule has 1 aliphatic rings. The van der Waals surface area contributed by atoms with Crippen molar-refractivity contribution in [2.75, 3.05) is 4.90 Å². The van der Waals surface area contributed by atoms with Gasteiger partial charge in [0.25, 0.3) is 0 Å². The molecule has 24 heavy (non-hydrogen) atoms. The molecule has 0 saturated heterocycles. The number of carbonyl (C=O) groups excluding carboxylic acids is 2. The number of fused-ring (bicyclic) bond motifs is 1. The third kappa shape index (κ3) is 2.48. The van der Waals surface area contributed by atoms with Gasteiger partial charge in [-0.2, -0.15) is 5.26 Å². The zero-order valence-corrected chi connectivity index (χ0v) is 14.0. The highest BCUT2D eigenvalue weighted by atomic mass is 16.2. The number of anilines is 1. The molecular formula is C20H18N2O2. The standard InChI is InChI=1S/C20H18N2O2/c1-13(23)16-7-8-18-17(10-16)20(2,3)19(24)22(18)12-15-6-4-5-14(9-15)11-21/h4-10H,12H2,1-3H3. The molecule has 0 atom stereocenters. The van der Waals surface area contributed by atoms with E-state index in [0.29, 0.717) is 17.7 Å². The van der Waals surface area contributed by atoms with Crippen molar-refractivity contribution in [1.82, 2.24) is 0 Å². The van der Waals surface area contributed by atoms with Crippen molar-refractivity contribution in [3.8, 4) is 6.07 Å². The predicted octanol–water partition coefficient (Wildman–Crippen LogP) is 3.59. The van der Waals surface area contributed by atoms with Crippen molar-refractivity contribution in [2.45, 2.75) is 32.7 Å². The van der Waals surface area contributed by atoms with Gasteiger partial charge < -0.3 is 4.90 Å². The molecule has 1 aliphatic heterocycles. The number of nitriles is 1. The van der Waals surface area contributed by atoms with Crippen molar-refractivity contribution in [1.29, 1.82) is 5.26 Å². The highest BCUT2D eigenvalue weighted by Gasteiger charge is 2.43. The Morgan fingerprint density at radius 1 is 1.21 bits per heavy atom. The van der Waals surface area contributed by atoms with Gasteiger partial charge in [-0.1, -0.05) is 12.1 Å². The normalized spacial score (nSPS) is 15.1. The number of Topliss-reactive ketones (excluding diaryl/α,β-unsaturated/α-hetero) is 1. The van der Waals surface area contributed by atoms with Gasteiger partial charge in [0.15, 0.2) is 5.78 Å². The summed E-state index contributed by atoms with van der Waals surface area (Å²) in [4.78, 5) is 26.3. The van der Waals surface area contributed by atoms with Crippen LogP contribution in [-0.2, 0) is 16.8 Å². The largest absolute Gasteiger partial charge is 0.307 e. The SMILES string of the molecule is CC(=O)c1ccc2c(c1)C(C)(C)C(=O)N2Cc1cccc(C#N)c1. The topological polar surface area (TPSA) is 61.2 Å². The average Bonchev–Trinajstić information content (AvgIpc) is 2.75. The number of nitrogens with zero attached hydrogens (tertiary/aromatic N) is 2. The van der Waals surface area contributed by atoms with Gasteiger partial charge in [0.1, 0.15) is 0 Å². The van der Waals surface area contributed by atoms with Crippen LogP contribution < -0.4 is 4.90 Å². The molecule has 0 N–H and O–H groups in total. The van der Waals surface area contributed by atoms with E-state index >= 15 is 0 Å². The number of benzene rings is 2. The minimum atomic E-state index is -0.673. The third-order valence-electron chi connectivity index (χ3n) is 4.54. The zero-order valence-electron chi connectivity index (χ0n) is 14.0. The van der Waals surface area contributed by atoms with Gasteiger partial charge in [-0.15, -0.1) is 0 Å². The lowest BCUT2D eigenvalue weighted by molar-refractivity contribution is -0.122. The van der Waals surface area contributed by atoms with Gasteiger partial charge in [0, 0.05) is 11.3 Å². The van der Waals surface area contributed by atoms with Crippen molar-refractivity contribution < 1.29 is 9.59 Å². The highest BCUT2D eigenvalue weighted by molar-refractivity contribution is 6.08. The Balaban J connectivity index is 2.03. The molecule has 4 heteroatoms. The fourth-order valence-electron chi connectivity index (χ4n) is 3.13. The van der Waals surface area contributed by atoms with Crippen molar-refractivity contribution >= 4 is 17.4 Å². The van der Waals surface area contributed by atoms with E-state index in [1.165, 1.54) is 6.92 Å². The number of carbonyl (C=O) groups is 2. The molecule has 1 amide bonds. The van der Waals surface area contributed by atoms with Gasteiger partial charge in [-0.25, -0.2) is 0 Å². The molecule has 0 bridgehead atoms. The predicted molar refractivity (Wildman–Crippen MR) is 91.8 cm³/mol. The molecule has 0 fully saturated rings. The summed E-state index contributed by atoms with van der Waals surface area (Å²) in [5, 5.41) is 9.04. The highest BCUT2D eigenvalue weighted by Crippen LogP contribution is 2.42. The molecule has 120 valence electrons. The number of amides is 1. The van der Waals surface area contributed by atoms with Gasteiger partial charge in [0.2, 0.25) is 5.91 Å². The third-order valence-corrected chi connectivity index (χ3v) is 4.54. The smallest absolute Gasteiger partial charge is 0.237 e. The quantitative estimate of drug-likeness (QED) is 0.813. The minimum Gasteiger partial charge on any atom is -0.307 e. The van der Waals surface area contributed by atoms with Gasteiger partial charge >= 0.3 is 0 Å². The van der Waals surface area contributed by atoms with E-state index < -0.39 is 5.41 Å². The Labute approximate surface area is 141 Å². The first-order valence-corrected chi connectivity index (χ1v) is 7.81. The molecular weight excluding hydrogens is 300 g/mol. The van der Waals surface area contributed by atoms with E-state index in [1.807, 2.05) is 38.1 Å². The van der Waals surface area contributed by atoms with Crippen LogP contribution in [0.25, 0.3) is 0 Å². The number of hydrogen-bond acceptors (Lipinski definition) is 3. The van der Waals surface area contributed by atoms with Gasteiger partial charge in [0.05, 0.1) is 23.6 Å². The molecule has 1 heterocycles. The van der Waals surface area contributed by atoms with Gasteiger partial charge in [-0.05, 0) is 62.2 Å². The minimum absolute atomic E-state index is 0.000521. The Morgan fingerprint density at radius 3 is 2.62 bits per heavy atom. The fraction of sp³-hybridized carbons (Fsp3) is 0.250. The molecule has 4 nitrogen and oxygen atoms in total. The Hall–Kier alpha value is -2.93. The van der Waals surface area contributed by atoms with E-state index in [2.05, 4.69) is 6.07 Å². The van der Waals surface area contributed by atoms with Crippen molar-refractivity contribution in [3.05, 3.63) is 64.7 Å². The van der Waals surface area contributed by atoms with E-state index in [9.17, 15) is 9.59 Å². The summed E-state index contributed by atoms with van der Waals surface area (Å²) in [5.41, 5.74) is 3.12. The zero-order chi connectivity index (χ0) is 17.5. The van der Waals surface area contributed by atoms with Crippen LogP contribution in [0.15, 0.2) is 42.5 Å². The average molecular weight is 318 g/mol. The lowest BCUT2D eigenvalue weighted by Gasteiger charge is -2.20. The summed E-state index contributed by atoms with van der Waals surface area (Å²) in [6.45, 7) is 5.69. The molecule has 0 spiro atoms. The molecule has 0 radical (unpaired) electrons. The first kappa shape index (κ1) is 15.9. The maximum atomic E-state index is 12.9. The number of rotatable bonds is 3. The second kappa shape index (κ2) is 5.61. The summed E-state index contributed by atoms with van der Waals surface area (Å²) in [5.74, 6) is -0.0122. The van der Waals surface area contributed by atoms with Crippen LogP contribution in [0, 0.1) is 11.3 Å².